The van der Waals surface area contributed by atoms with Gasteiger partial charge in [-0.1, -0.05) is 19.1 Å². The Morgan fingerprint density at radius 1 is 1.58 bits per heavy atom. The molecule has 0 aliphatic carbocycles. The fraction of sp³-hybridized carbons (Fsp3) is 0.778. The summed E-state index contributed by atoms with van der Waals surface area (Å²) in [5.41, 5.74) is 0. The molecule has 0 amide bonds. The fourth-order valence-corrected chi connectivity index (χ4v) is 0.942. The molecular weight excluding hydrogens is 154 g/mol. The number of nitrogens with one attached hydrogen (secondary N) is 1. The maximum absolute atomic E-state index is 9.54. The molecule has 0 aromatic carbocycles. The minimum absolute atomic E-state index is 0.0159. The first-order valence-electron chi connectivity index (χ1n) is 4.27. The third-order valence-electron chi connectivity index (χ3n) is 1.70. The van der Waals surface area contributed by atoms with Gasteiger partial charge in [-0.15, -0.1) is 0 Å². The molecule has 0 heterocycles. The molecule has 3 heteroatoms. The highest BCUT2D eigenvalue weighted by molar-refractivity contribution is 4.93. The molecule has 0 aliphatic heterocycles. The van der Waals surface area contributed by atoms with Gasteiger partial charge in [0.2, 0.25) is 0 Å². The van der Waals surface area contributed by atoms with Gasteiger partial charge in [-0.25, -0.2) is 0 Å². The molecule has 0 saturated heterocycles. The van der Waals surface area contributed by atoms with Crippen LogP contribution in [0.1, 0.15) is 13.3 Å². The molecule has 0 aliphatic rings. The molecule has 3 nitrogen and oxygen atoms in total. The smallest absolute Gasteiger partial charge is 0.0896 e. The Morgan fingerprint density at radius 3 is 2.67 bits per heavy atom. The molecule has 0 bridgehead atoms. The highest BCUT2D eigenvalue weighted by Gasteiger charge is 2.13. The largest absolute Gasteiger partial charge is 0.387 e. The van der Waals surface area contributed by atoms with Gasteiger partial charge in [-0.3, -0.25) is 0 Å². The molecule has 0 saturated carbocycles. The summed E-state index contributed by atoms with van der Waals surface area (Å²) in [6, 6.07) is -0.0159. The van der Waals surface area contributed by atoms with Crippen molar-refractivity contribution in [3.8, 4) is 0 Å². The van der Waals surface area contributed by atoms with Gasteiger partial charge in [-0.05, 0) is 13.5 Å². The maximum Gasteiger partial charge on any atom is 0.0896 e. The van der Waals surface area contributed by atoms with Crippen LogP contribution in [0.15, 0.2) is 12.2 Å². The van der Waals surface area contributed by atoms with Crippen LogP contribution in [-0.4, -0.2) is 38.0 Å². The Balaban J connectivity index is 3.84. The van der Waals surface area contributed by atoms with Gasteiger partial charge in [0.05, 0.1) is 18.8 Å². The van der Waals surface area contributed by atoms with E-state index in [0.717, 1.165) is 6.42 Å². The van der Waals surface area contributed by atoms with Crippen LogP contribution in [0.3, 0.4) is 0 Å². The molecule has 0 aromatic heterocycles. The number of methoxy groups -OCH3 is 1. The molecule has 0 aromatic rings. The van der Waals surface area contributed by atoms with Gasteiger partial charge in [0.1, 0.15) is 0 Å². The third kappa shape index (κ3) is 4.49. The summed E-state index contributed by atoms with van der Waals surface area (Å²) < 4.78 is 4.94. The van der Waals surface area contributed by atoms with Gasteiger partial charge in [0, 0.05) is 7.11 Å². The van der Waals surface area contributed by atoms with E-state index in [1.165, 1.54) is 0 Å². The van der Waals surface area contributed by atoms with Gasteiger partial charge < -0.3 is 15.2 Å². The minimum atomic E-state index is -0.463. The predicted octanol–water partition coefficient (Wildman–Crippen LogP) is 0.548. The van der Waals surface area contributed by atoms with Crippen LogP contribution in [0, 0.1) is 0 Å². The SMILES string of the molecule is CC/C=C/C(O)C(COC)NC. The van der Waals surface area contributed by atoms with Crippen molar-refractivity contribution in [2.24, 2.45) is 0 Å². The van der Waals surface area contributed by atoms with Crippen LogP contribution in [0.5, 0.6) is 0 Å². The van der Waals surface area contributed by atoms with E-state index in [0.29, 0.717) is 6.61 Å². The molecular formula is C9H19NO2. The van der Waals surface area contributed by atoms with E-state index in [9.17, 15) is 5.11 Å². The summed E-state index contributed by atoms with van der Waals surface area (Å²) in [5, 5.41) is 12.5. The van der Waals surface area contributed by atoms with Gasteiger partial charge in [0.15, 0.2) is 0 Å². The lowest BCUT2D eigenvalue weighted by Crippen LogP contribution is -2.40. The van der Waals surface area contributed by atoms with E-state index in [-0.39, 0.29) is 6.04 Å². The summed E-state index contributed by atoms with van der Waals surface area (Å²) in [6.45, 7) is 2.56. The molecule has 2 unspecified atom stereocenters. The summed E-state index contributed by atoms with van der Waals surface area (Å²) in [5.74, 6) is 0. The Hall–Kier alpha value is -0.380. The van der Waals surface area contributed by atoms with Crippen LogP contribution in [-0.2, 0) is 4.74 Å². The molecule has 0 fully saturated rings. The van der Waals surface area contributed by atoms with Crippen molar-refractivity contribution < 1.29 is 9.84 Å². The molecule has 12 heavy (non-hydrogen) atoms. The molecule has 0 radical (unpaired) electrons. The van der Waals surface area contributed by atoms with Crippen molar-refractivity contribution in [2.45, 2.75) is 25.5 Å². The number of ether oxygens (including phenoxy) is 1. The zero-order valence-corrected chi connectivity index (χ0v) is 8.08. The van der Waals surface area contributed by atoms with Gasteiger partial charge >= 0.3 is 0 Å². The topological polar surface area (TPSA) is 41.5 Å². The summed E-state index contributed by atoms with van der Waals surface area (Å²) in [7, 11) is 3.44. The fourth-order valence-electron chi connectivity index (χ4n) is 0.942. The first-order chi connectivity index (χ1) is 5.76. The average molecular weight is 173 g/mol. The molecule has 2 N–H and O–H groups in total. The minimum Gasteiger partial charge on any atom is -0.387 e. The first-order valence-corrected chi connectivity index (χ1v) is 4.27. The maximum atomic E-state index is 9.54. The second-order valence-corrected chi connectivity index (χ2v) is 2.68. The standard InChI is InChI=1S/C9H19NO2/c1-4-5-6-9(11)8(10-2)7-12-3/h5-6,8-11H,4,7H2,1-3H3/b6-5+. The van der Waals surface area contributed by atoms with Gasteiger partial charge in [-0.2, -0.15) is 0 Å². The Kier molecular flexibility index (Phi) is 7.05. The zero-order chi connectivity index (χ0) is 9.40. The number of aliphatic hydroxyl groups is 1. The summed E-state index contributed by atoms with van der Waals surface area (Å²) in [6.07, 6.45) is 4.22. The monoisotopic (exact) mass is 173 g/mol. The van der Waals surface area contributed by atoms with Crippen molar-refractivity contribution >= 4 is 0 Å². The van der Waals surface area contributed by atoms with Crippen LogP contribution >= 0.6 is 0 Å². The van der Waals surface area contributed by atoms with E-state index < -0.39 is 6.10 Å². The van der Waals surface area contributed by atoms with Crippen molar-refractivity contribution in [1.82, 2.24) is 5.32 Å². The quantitative estimate of drug-likeness (QED) is 0.576. The van der Waals surface area contributed by atoms with Crippen LogP contribution in [0.4, 0.5) is 0 Å². The number of aliphatic hydroxyl groups excluding tert-OH is 1. The van der Waals surface area contributed by atoms with Crippen molar-refractivity contribution in [3.63, 3.8) is 0 Å². The lowest BCUT2D eigenvalue weighted by atomic mass is 10.1. The van der Waals surface area contributed by atoms with E-state index >= 15 is 0 Å². The lowest BCUT2D eigenvalue weighted by molar-refractivity contribution is 0.0994. The van der Waals surface area contributed by atoms with E-state index in [4.69, 9.17) is 4.74 Å². The number of likely N-dealkylation sites (N-methyl/N-ethyl adjacent to an activating group) is 1. The highest BCUT2D eigenvalue weighted by Crippen LogP contribution is 1.96. The number of hydrogen-bond acceptors (Lipinski definition) is 3. The van der Waals surface area contributed by atoms with Crippen molar-refractivity contribution in [2.75, 3.05) is 20.8 Å². The van der Waals surface area contributed by atoms with E-state index in [2.05, 4.69) is 5.32 Å². The van der Waals surface area contributed by atoms with Crippen molar-refractivity contribution in [1.29, 1.82) is 0 Å². The average Bonchev–Trinajstić information content (AvgIpc) is 2.10. The zero-order valence-electron chi connectivity index (χ0n) is 8.08. The normalized spacial score (nSPS) is 16.7. The third-order valence-corrected chi connectivity index (χ3v) is 1.70. The lowest BCUT2D eigenvalue weighted by Gasteiger charge is -2.18. The molecule has 72 valence electrons. The second-order valence-electron chi connectivity index (χ2n) is 2.68. The van der Waals surface area contributed by atoms with E-state index in [1.54, 1.807) is 13.2 Å². The van der Waals surface area contributed by atoms with Crippen LogP contribution < -0.4 is 5.32 Å². The van der Waals surface area contributed by atoms with Crippen molar-refractivity contribution in [3.05, 3.63) is 12.2 Å². The van der Waals surface area contributed by atoms with Crippen LogP contribution in [0.2, 0.25) is 0 Å². The van der Waals surface area contributed by atoms with E-state index in [1.807, 2.05) is 20.0 Å². The van der Waals surface area contributed by atoms with Gasteiger partial charge in [0.25, 0.3) is 0 Å². The number of rotatable bonds is 6. The number of allylic oxidation sites excluding steroid dienone is 1. The van der Waals surface area contributed by atoms with Crippen LogP contribution in [0.25, 0.3) is 0 Å². The first kappa shape index (κ1) is 11.6. The number of hydrogen-bond donors (Lipinski definition) is 2. The summed E-state index contributed by atoms with van der Waals surface area (Å²) >= 11 is 0. The molecule has 2 atom stereocenters. The Labute approximate surface area is 74.4 Å². The summed E-state index contributed by atoms with van der Waals surface area (Å²) in [4.78, 5) is 0. The Bertz CT molecular complexity index is 126. The molecule has 0 rings (SSSR count). The molecule has 0 spiro atoms. The highest BCUT2D eigenvalue weighted by atomic mass is 16.5. The predicted molar refractivity (Wildman–Crippen MR) is 50.2 cm³/mol. The second kappa shape index (κ2) is 7.28. The Morgan fingerprint density at radius 2 is 2.25 bits per heavy atom.